The summed E-state index contributed by atoms with van der Waals surface area (Å²) in [6.07, 6.45) is -1.42. The van der Waals surface area contributed by atoms with Gasteiger partial charge in [-0.3, -0.25) is 10.2 Å². The number of anilines is 2. The Bertz CT molecular complexity index is 1330. The topological polar surface area (TPSA) is 109 Å². The van der Waals surface area contributed by atoms with Crippen LogP contribution in [0.2, 0.25) is 0 Å². The van der Waals surface area contributed by atoms with Gasteiger partial charge in [-0.05, 0) is 30.3 Å². The number of para-hydroxylation sites is 2. The van der Waals surface area contributed by atoms with Gasteiger partial charge in [0.25, 0.3) is 5.91 Å². The van der Waals surface area contributed by atoms with Crippen molar-refractivity contribution in [3.63, 3.8) is 0 Å². The molecule has 0 fully saturated rings. The molecule has 0 spiro atoms. The lowest BCUT2D eigenvalue weighted by molar-refractivity contribution is 0.0946. The van der Waals surface area contributed by atoms with Crippen molar-refractivity contribution in [3.05, 3.63) is 90.0 Å². The number of hydrogen-bond donors (Lipinski definition) is 3. The van der Waals surface area contributed by atoms with Gasteiger partial charge in [0.1, 0.15) is 11.6 Å². The second-order valence-electron chi connectivity index (χ2n) is 6.82. The summed E-state index contributed by atoms with van der Waals surface area (Å²) < 4.78 is 27.6. The van der Waals surface area contributed by atoms with Crippen LogP contribution >= 0.6 is 0 Å². The zero-order valence-electron chi connectivity index (χ0n) is 16.4. The Hall–Kier alpha value is -4.53. The molecule has 4 aromatic rings. The zero-order chi connectivity index (χ0) is 22.8. The average Bonchev–Trinajstić information content (AvgIpc) is 2.76. The standard InChI is InChI=1S/C23H16F2N4O3/c24-14-10-13(11-15(25)12-14)21-20(26)19(17-8-4-5-9-18(17)27-21)22(30)28-29(23(31)32)16-6-2-1-3-7-16/h1-12H,26H2,(H,28,30)(H,31,32). The number of hydrogen-bond acceptors (Lipinski definition) is 4. The molecule has 0 bridgehead atoms. The molecule has 0 aliphatic carbocycles. The number of fused-ring (bicyclic) bond motifs is 1. The van der Waals surface area contributed by atoms with Crippen LogP contribution in [-0.2, 0) is 0 Å². The summed E-state index contributed by atoms with van der Waals surface area (Å²) in [5, 5.41) is 10.6. The fraction of sp³-hybridized carbons (Fsp3) is 0. The first kappa shape index (κ1) is 20.7. The van der Waals surface area contributed by atoms with Gasteiger partial charge in [-0.25, -0.2) is 18.6 Å². The molecule has 0 aliphatic rings. The van der Waals surface area contributed by atoms with Crippen LogP contribution in [0.3, 0.4) is 0 Å². The number of carbonyl (C=O) groups excluding carboxylic acids is 1. The molecule has 0 atom stereocenters. The van der Waals surface area contributed by atoms with Crippen molar-refractivity contribution in [3.8, 4) is 11.3 Å². The van der Waals surface area contributed by atoms with E-state index in [9.17, 15) is 23.5 Å². The summed E-state index contributed by atoms with van der Waals surface area (Å²) in [5.74, 6) is -2.49. The van der Waals surface area contributed by atoms with Gasteiger partial charge in [0.2, 0.25) is 0 Å². The molecule has 2 amide bonds. The smallest absolute Gasteiger partial charge is 0.431 e. The van der Waals surface area contributed by atoms with Gasteiger partial charge in [-0.1, -0.05) is 36.4 Å². The molecule has 0 radical (unpaired) electrons. The molecule has 3 aromatic carbocycles. The van der Waals surface area contributed by atoms with Gasteiger partial charge >= 0.3 is 6.09 Å². The van der Waals surface area contributed by atoms with Crippen LogP contribution in [0.4, 0.5) is 25.0 Å². The summed E-state index contributed by atoms with van der Waals surface area (Å²) in [6, 6.07) is 17.3. The van der Waals surface area contributed by atoms with E-state index in [2.05, 4.69) is 10.4 Å². The molecule has 32 heavy (non-hydrogen) atoms. The van der Waals surface area contributed by atoms with Crippen LogP contribution in [0.15, 0.2) is 72.8 Å². The quantitative estimate of drug-likeness (QED) is 0.409. The Kier molecular flexibility index (Phi) is 5.38. The van der Waals surface area contributed by atoms with Crippen molar-refractivity contribution in [1.82, 2.24) is 10.4 Å². The first-order valence-electron chi connectivity index (χ1n) is 9.39. The first-order valence-corrected chi connectivity index (χ1v) is 9.39. The van der Waals surface area contributed by atoms with Crippen molar-refractivity contribution in [2.75, 3.05) is 10.7 Å². The summed E-state index contributed by atoms with van der Waals surface area (Å²) in [6.45, 7) is 0. The number of nitrogen functional groups attached to an aromatic ring is 1. The van der Waals surface area contributed by atoms with E-state index >= 15 is 0 Å². The van der Waals surface area contributed by atoms with Gasteiger partial charge in [0.15, 0.2) is 0 Å². The molecule has 4 rings (SSSR count). The molecule has 0 aliphatic heterocycles. The van der Waals surface area contributed by atoms with E-state index in [1.165, 1.54) is 12.1 Å². The van der Waals surface area contributed by atoms with E-state index in [0.29, 0.717) is 22.0 Å². The minimum atomic E-state index is -1.42. The van der Waals surface area contributed by atoms with Gasteiger partial charge in [-0.15, -0.1) is 0 Å². The molecule has 7 nitrogen and oxygen atoms in total. The fourth-order valence-corrected chi connectivity index (χ4v) is 3.34. The van der Waals surface area contributed by atoms with Crippen LogP contribution in [0.1, 0.15) is 10.4 Å². The molecule has 0 unspecified atom stereocenters. The summed E-state index contributed by atoms with van der Waals surface area (Å²) >= 11 is 0. The molecular weight excluding hydrogens is 418 g/mol. The molecule has 1 aromatic heterocycles. The Morgan fingerprint density at radius 1 is 0.938 bits per heavy atom. The fourth-order valence-electron chi connectivity index (χ4n) is 3.34. The van der Waals surface area contributed by atoms with Gasteiger partial charge in [-0.2, -0.15) is 5.01 Å². The number of rotatable bonds is 3. The van der Waals surface area contributed by atoms with E-state index in [1.807, 2.05) is 0 Å². The molecule has 0 saturated heterocycles. The van der Waals surface area contributed by atoms with Crippen LogP contribution in [-0.4, -0.2) is 22.1 Å². The Morgan fingerprint density at radius 2 is 1.56 bits per heavy atom. The molecule has 160 valence electrons. The number of pyridine rings is 1. The lowest BCUT2D eigenvalue weighted by atomic mass is 10.0. The number of nitrogens with two attached hydrogens (primary N) is 1. The summed E-state index contributed by atoms with van der Waals surface area (Å²) in [7, 11) is 0. The third-order valence-corrected chi connectivity index (χ3v) is 4.71. The largest absolute Gasteiger partial charge is 0.463 e. The minimum Gasteiger partial charge on any atom is -0.463 e. The second-order valence-corrected chi connectivity index (χ2v) is 6.82. The summed E-state index contributed by atoms with van der Waals surface area (Å²) in [4.78, 5) is 29.4. The monoisotopic (exact) mass is 434 g/mol. The zero-order valence-corrected chi connectivity index (χ0v) is 16.4. The van der Waals surface area contributed by atoms with Crippen LogP contribution in [0.25, 0.3) is 22.2 Å². The Balaban J connectivity index is 1.86. The van der Waals surface area contributed by atoms with Crippen LogP contribution in [0, 0.1) is 11.6 Å². The number of benzene rings is 3. The predicted octanol–water partition coefficient (Wildman–Crippen LogP) is 4.59. The number of carbonyl (C=O) groups is 2. The summed E-state index contributed by atoms with van der Waals surface area (Å²) in [5.41, 5.74) is 8.92. The van der Waals surface area contributed by atoms with Crippen molar-refractivity contribution in [2.45, 2.75) is 0 Å². The number of amides is 2. The first-order chi connectivity index (χ1) is 15.3. The number of carboxylic acid groups (broad SMARTS) is 1. The third-order valence-electron chi connectivity index (χ3n) is 4.71. The maximum atomic E-state index is 13.8. The molecule has 4 N–H and O–H groups in total. The number of nitrogens with one attached hydrogen (secondary N) is 1. The van der Waals surface area contributed by atoms with Crippen LogP contribution < -0.4 is 16.2 Å². The van der Waals surface area contributed by atoms with Crippen molar-refractivity contribution in [1.29, 1.82) is 0 Å². The highest BCUT2D eigenvalue weighted by Gasteiger charge is 2.24. The van der Waals surface area contributed by atoms with E-state index in [1.54, 1.807) is 42.5 Å². The SMILES string of the molecule is Nc1c(-c2cc(F)cc(F)c2)nc2ccccc2c1C(=O)NN(C(=O)O)c1ccccc1. The van der Waals surface area contributed by atoms with Crippen molar-refractivity contribution >= 4 is 34.3 Å². The number of hydrazine groups is 1. The highest BCUT2D eigenvalue weighted by atomic mass is 19.1. The van der Waals surface area contributed by atoms with E-state index < -0.39 is 23.6 Å². The Labute approximate surface area is 180 Å². The maximum Gasteiger partial charge on any atom is 0.431 e. The van der Waals surface area contributed by atoms with Crippen molar-refractivity contribution < 1.29 is 23.5 Å². The van der Waals surface area contributed by atoms with Crippen molar-refractivity contribution in [2.24, 2.45) is 0 Å². The normalized spacial score (nSPS) is 10.7. The second kappa shape index (κ2) is 8.31. The van der Waals surface area contributed by atoms with Gasteiger partial charge in [0.05, 0.1) is 28.1 Å². The van der Waals surface area contributed by atoms with Crippen LogP contribution in [0.5, 0.6) is 0 Å². The minimum absolute atomic E-state index is 0.00571. The highest BCUT2D eigenvalue weighted by molar-refractivity contribution is 6.14. The average molecular weight is 434 g/mol. The predicted molar refractivity (Wildman–Crippen MR) is 116 cm³/mol. The van der Waals surface area contributed by atoms with Gasteiger partial charge in [0, 0.05) is 17.0 Å². The lowest BCUT2D eigenvalue weighted by Gasteiger charge is -2.21. The Morgan fingerprint density at radius 3 is 2.22 bits per heavy atom. The third kappa shape index (κ3) is 3.91. The lowest BCUT2D eigenvalue weighted by Crippen LogP contribution is -2.46. The van der Waals surface area contributed by atoms with E-state index in [-0.39, 0.29) is 28.2 Å². The number of nitrogens with zero attached hydrogens (tertiary/aromatic N) is 2. The molecular formula is C23H16F2N4O3. The van der Waals surface area contributed by atoms with Gasteiger partial charge < -0.3 is 10.8 Å². The number of halogens is 2. The van der Waals surface area contributed by atoms with E-state index in [4.69, 9.17) is 5.73 Å². The maximum absolute atomic E-state index is 13.8. The highest BCUT2D eigenvalue weighted by Crippen LogP contribution is 2.33. The number of aromatic nitrogens is 1. The van der Waals surface area contributed by atoms with E-state index in [0.717, 1.165) is 12.1 Å². The molecule has 9 heteroatoms. The molecule has 1 heterocycles. The molecule has 0 saturated carbocycles.